The van der Waals surface area contributed by atoms with Crippen molar-refractivity contribution >= 4 is 32.6 Å². The number of aromatic nitrogens is 1. The SMILES string of the molecule is COc1ccc(C)c2sc(N(CCN(C)C)C(=O)Cc3ccc4c(c3)OCO4)nc12. The lowest BCUT2D eigenvalue weighted by Gasteiger charge is -2.22. The molecule has 1 amide bonds. The predicted octanol–water partition coefficient (Wildman–Crippen LogP) is 3.48. The molecule has 3 aromatic rings. The van der Waals surface area contributed by atoms with Crippen LogP contribution in [0.2, 0.25) is 0 Å². The molecule has 2 aromatic carbocycles. The van der Waals surface area contributed by atoms with Gasteiger partial charge < -0.3 is 19.1 Å². The minimum Gasteiger partial charge on any atom is -0.494 e. The summed E-state index contributed by atoms with van der Waals surface area (Å²) >= 11 is 1.52. The van der Waals surface area contributed by atoms with Crippen LogP contribution in [0.25, 0.3) is 10.2 Å². The van der Waals surface area contributed by atoms with Gasteiger partial charge in [-0.3, -0.25) is 9.69 Å². The summed E-state index contributed by atoms with van der Waals surface area (Å²) in [7, 11) is 5.62. The van der Waals surface area contributed by atoms with Crippen molar-refractivity contribution in [2.45, 2.75) is 13.3 Å². The molecule has 0 N–H and O–H groups in total. The molecule has 30 heavy (non-hydrogen) atoms. The number of rotatable bonds is 7. The van der Waals surface area contributed by atoms with E-state index in [0.717, 1.165) is 27.9 Å². The van der Waals surface area contributed by atoms with Crippen LogP contribution in [-0.4, -0.2) is 56.9 Å². The van der Waals surface area contributed by atoms with E-state index < -0.39 is 0 Å². The van der Waals surface area contributed by atoms with Gasteiger partial charge in [0.1, 0.15) is 11.3 Å². The molecule has 158 valence electrons. The van der Waals surface area contributed by atoms with Crippen molar-refractivity contribution in [1.29, 1.82) is 0 Å². The Morgan fingerprint density at radius 3 is 2.73 bits per heavy atom. The number of ether oxygens (including phenoxy) is 3. The number of hydrogen-bond acceptors (Lipinski definition) is 7. The van der Waals surface area contributed by atoms with Crippen molar-refractivity contribution in [3.05, 3.63) is 41.5 Å². The number of likely N-dealkylation sites (N-methyl/N-ethyl adjacent to an activating group) is 1. The molecule has 0 aliphatic carbocycles. The van der Waals surface area contributed by atoms with Gasteiger partial charge in [-0.05, 0) is 50.3 Å². The molecule has 1 aliphatic heterocycles. The Hall–Kier alpha value is -2.84. The second kappa shape index (κ2) is 8.49. The number of amides is 1. The van der Waals surface area contributed by atoms with Crippen LogP contribution in [0.5, 0.6) is 17.2 Å². The summed E-state index contributed by atoms with van der Waals surface area (Å²) in [6, 6.07) is 9.56. The van der Waals surface area contributed by atoms with Gasteiger partial charge in [0.15, 0.2) is 16.6 Å². The lowest BCUT2D eigenvalue weighted by atomic mass is 10.1. The maximum Gasteiger partial charge on any atom is 0.233 e. The van der Waals surface area contributed by atoms with Crippen LogP contribution in [0.4, 0.5) is 5.13 Å². The summed E-state index contributed by atoms with van der Waals surface area (Å²) in [6.45, 7) is 3.55. The van der Waals surface area contributed by atoms with Crippen LogP contribution in [0, 0.1) is 6.92 Å². The number of nitrogens with zero attached hydrogens (tertiary/aromatic N) is 3. The lowest BCUT2D eigenvalue weighted by Crippen LogP contribution is -2.37. The monoisotopic (exact) mass is 427 g/mol. The van der Waals surface area contributed by atoms with Gasteiger partial charge >= 0.3 is 0 Å². The van der Waals surface area contributed by atoms with E-state index in [0.29, 0.717) is 28.9 Å². The molecule has 0 bridgehead atoms. The number of hydrogen-bond donors (Lipinski definition) is 0. The van der Waals surface area contributed by atoms with Gasteiger partial charge in [-0.2, -0.15) is 0 Å². The Labute approximate surface area is 179 Å². The van der Waals surface area contributed by atoms with Gasteiger partial charge in [0.25, 0.3) is 0 Å². The van der Waals surface area contributed by atoms with Crippen molar-refractivity contribution in [3.63, 3.8) is 0 Å². The van der Waals surface area contributed by atoms with Crippen molar-refractivity contribution in [3.8, 4) is 17.2 Å². The minimum atomic E-state index is -0.00797. The highest BCUT2D eigenvalue weighted by molar-refractivity contribution is 7.22. The molecule has 2 heterocycles. The largest absolute Gasteiger partial charge is 0.494 e. The maximum absolute atomic E-state index is 13.3. The Bertz CT molecular complexity index is 1080. The van der Waals surface area contributed by atoms with E-state index >= 15 is 0 Å². The fourth-order valence-electron chi connectivity index (χ4n) is 3.33. The quantitative estimate of drug-likeness (QED) is 0.575. The zero-order valence-electron chi connectivity index (χ0n) is 17.6. The second-order valence-electron chi connectivity index (χ2n) is 7.47. The van der Waals surface area contributed by atoms with Crippen LogP contribution < -0.4 is 19.1 Å². The Balaban J connectivity index is 1.65. The highest BCUT2D eigenvalue weighted by Crippen LogP contribution is 2.37. The highest BCUT2D eigenvalue weighted by atomic mass is 32.1. The number of carbonyl (C=O) groups excluding carboxylic acids is 1. The molecule has 0 atom stereocenters. The van der Waals surface area contributed by atoms with Crippen molar-refractivity contribution in [2.24, 2.45) is 0 Å². The molecule has 4 rings (SSSR count). The molecule has 0 saturated heterocycles. The third-order valence-electron chi connectivity index (χ3n) is 5.01. The van der Waals surface area contributed by atoms with Crippen LogP contribution in [-0.2, 0) is 11.2 Å². The number of methoxy groups -OCH3 is 1. The first-order chi connectivity index (χ1) is 14.5. The molecular formula is C22H25N3O4S. The average Bonchev–Trinajstić information content (AvgIpc) is 3.35. The van der Waals surface area contributed by atoms with E-state index in [2.05, 4.69) is 4.90 Å². The first-order valence-electron chi connectivity index (χ1n) is 9.74. The van der Waals surface area contributed by atoms with Gasteiger partial charge in [0.2, 0.25) is 12.7 Å². The summed E-state index contributed by atoms with van der Waals surface area (Å²) < 4.78 is 17.3. The average molecular weight is 428 g/mol. The van der Waals surface area contributed by atoms with E-state index in [-0.39, 0.29) is 19.1 Å². The Morgan fingerprint density at radius 1 is 1.17 bits per heavy atom. The standard InChI is InChI=1S/C22H25N3O4S/c1-14-5-7-17(27-4)20-21(14)30-22(23-20)25(10-9-24(2)3)19(26)12-15-6-8-16-18(11-15)29-13-28-16/h5-8,11H,9-10,12-13H2,1-4H3. The molecule has 0 unspecified atom stereocenters. The Morgan fingerprint density at radius 2 is 1.97 bits per heavy atom. The highest BCUT2D eigenvalue weighted by Gasteiger charge is 2.23. The number of benzene rings is 2. The molecule has 8 heteroatoms. The molecule has 0 fully saturated rings. The summed E-state index contributed by atoms with van der Waals surface area (Å²) in [5.74, 6) is 2.10. The molecule has 0 spiro atoms. The van der Waals surface area contributed by atoms with E-state index in [4.69, 9.17) is 19.2 Å². The number of carbonyl (C=O) groups is 1. The number of aryl methyl sites for hydroxylation is 1. The van der Waals surface area contributed by atoms with Crippen molar-refractivity contribution < 1.29 is 19.0 Å². The van der Waals surface area contributed by atoms with Crippen molar-refractivity contribution in [2.75, 3.05) is 46.0 Å². The smallest absolute Gasteiger partial charge is 0.233 e. The van der Waals surface area contributed by atoms with Gasteiger partial charge in [-0.15, -0.1) is 0 Å². The minimum absolute atomic E-state index is 0.00797. The van der Waals surface area contributed by atoms with Gasteiger partial charge in [-0.25, -0.2) is 4.98 Å². The number of thiazole rings is 1. The van der Waals surface area contributed by atoms with Crippen molar-refractivity contribution in [1.82, 2.24) is 9.88 Å². The van der Waals surface area contributed by atoms with Gasteiger partial charge in [-0.1, -0.05) is 23.5 Å². The molecule has 0 saturated carbocycles. The van der Waals surface area contributed by atoms with E-state index in [1.165, 1.54) is 11.3 Å². The Kier molecular flexibility index (Phi) is 5.78. The van der Waals surface area contributed by atoms with Crippen LogP contribution in [0.3, 0.4) is 0 Å². The maximum atomic E-state index is 13.3. The fraction of sp³-hybridized carbons (Fsp3) is 0.364. The van der Waals surface area contributed by atoms with Gasteiger partial charge in [0, 0.05) is 13.1 Å². The zero-order valence-corrected chi connectivity index (χ0v) is 18.4. The zero-order chi connectivity index (χ0) is 21.3. The van der Waals surface area contributed by atoms with E-state index in [9.17, 15) is 4.79 Å². The first-order valence-corrected chi connectivity index (χ1v) is 10.6. The summed E-state index contributed by atoms with van der Waals surface area (Å²) in [5, 5.41) is 0.685. The van der Waals surface area contributed by atoms with Crippen LogP contribution >= 0.6 is 11.3 Å². The summed E-state index contributed by atoms with van der Waals surface area (Å²) in [4.78, 5) is 21.9. The fourth-order valence-corrected chi connectivity index (χ4v) is 4.42. The topological polar surface area (TPSA) is 64.1 Å². The normalized spacial score (nSPS) is 12.6. The second-order valence-corrected chi connectivity index (χ2v) is 8.45. The van der Waals surface area contributed by atoms with Crippen LogP contribution in [0.1, 0.15) is 11.1 Å². The molecule has 1 aromatic heterocycles. The molecule has 0 radical (unpaired) electrons. The third-order valence-corrected chi connectivity index (χ3v) is 6.22. The lowest BCUT2D eigenvalue weighted by molar-refractivity contribution is -0.118. The van der Waals surface area contributed by atoms with E-state index in [1.54, 1.807) is 12.0 Å². The van der Waals surface area contributed by atoms with E-state index in [1.807, 2.05) is 51.4 Å². The summed E-state index contributed by atoms with van der Waals surface area (Å²) in [5.41, 5.74) is 2.79. The molecule has 7 nitrogen and oxygen atoms in total. The van der Waals surface area contributed by atoms with Crippen LogP contribution in [0.15, 0.2) is 30.3 Å². The van der Waals surface area contributed by atoms with Gasteiger partial charge in [0.05, 0.1) is 18.2 Å². The first kappa shape index (κ1) is 20.4. The molecular weight excluding hydrogens is 402 g/mol. The number of fused-ring (bicyclic) bond motifs is 2. The summed E-state index contributed by atoms with van der Waals surface area (Å²) in [6.07, 6.45) is 0.260. The molecule has 1 aliphatic rings. The third kappa shape index (κ3) is 4.06. The number of anilines is 1. The predicted molar refractivity (Wildman–Crippen MR) is 118 cm³/mol.